The molecule has 2 aromatic rings. The first kappa shape index (κ1) is 7.23. The zero-order valence-corrected chi connectivity index (χ0v) is 6.43. The van der Waals surface area contributed by atoms with Gasteiger partial charge in [0, 0.05) is 0 Å². The second-order valence-corrected chi connectivity index (χ2v) is 2.46. The van der Waals surface area contributed by atoms with Crippen LogP contribution in [0.5, 0.6) is 0 Å². The first-order valence-electron chi connectivity index (χ1n) is 3.01. The molecule has 0 aromatic carbocycles. The van der Waals surface area contributed by atoms with Gasteiger partial charge in [-0.1, -0.05) is 0 Å². The predicted molar refractivity (Wildman–Crippen MR) is 41.1 cm³/mol. The van der Waals surface area contributed by atoms with Gasteiger partial charge in [0.05, 0.1) is 0 Å². The third kappa shape index (κ3) is 0.964. The summed E-state index contributed by atoms with van der Waals surface area (Å²) in [6, 6.07) is 0. The highest BCUT2D eigenvalue weighted by molar-refractivity contribution is 6.29. The van der Waals surface area contributed by atoms with Crippen LogP contribution in [0.4, 0.5) is 10.2 Å². The van der Waals surface area contributed by atoms with Crippen molar-refractivity contribution in [2.75, 3.05) is 5.73 Å². The monoisotopic (exact) mass is 187 g/mol. The number of hydrogen-bond acceptors (Lipinski definition) is 4. The Labute approximate surface area is 70.8 Å². The van der Waals surface area contributed by atoms with Crippen LogP contribution in [0.25, 0.3) is 11.2 Å². The van der Waals surface area contributed by atoms with Gasteiger partial charge in [0.15, 0.2) is 11.5 Å². The third-order valence-corrected chi connectivity index (χ3v) is 1.50. The molecule has 0 aliphatic rings. The molecule has 3 N–H and O–H groups in total. The van der Waals surface area contributed by atoms with Crippen LogP contribution in [-0.2, 0) is 0 Å². The van der Waals surface area contributed by atoms with E-state index in [2.05, 4.69) is 19.9 Å². The summed E-state index contributed by atoms with van der Waals surface area (Å²) in [5.74, 6) is -0.00287. The number of hydrogen-bond donors (Lipinski definition) is 2. The Morgan fingerprint density at radius 1 is 1.33 bits per heavy atom. The normalized spacial score (nSPS) is 10.8. The molecule has 0 aliphatic carbocycles. The maximum atomic E-state index is 12.5. The molecule has 0 atom stereocenters. The molecule has 2 aromatic heterocycles. The number of nitrogens with zero attached hydrogens (tertiary/aromatic N) is 3. The van der Waals surface area contributed by atoms with Crippen molar-refractivity contribution in [2.24, 2.45) is 0 Å². The van der Waals surface area contributed by atoms with Crippen LogP contribution in [0.1, 0.15) is 0 Å². The zero-order chi connectivity index (χ0) is 8.72. The Kier molecular flexibility index (Phi) is 1.37. The minimum atomic E-state index is -0.914. The highest BCUT2D eigenvalue weighted by Crippen LogP contribution is 2.16. The molecule has 0 fully saturated rings. The molecule has 0 saturated heterocycles. The first-order valence-corrected chi connectivity index (χ1v) is 3.39. The van der Waals surface area contributed by atoms with Gasteiger partial charge < -0.3 is 10.7 Å². The summed E-state index contributed by atoms with van der Waals surface area (Å²) in [5, 5.41) is 0.108. The molecule has 2 heterocycles. The molecule has 0 spiro atoms. The van der Waals surface area contributed by atoms with E-state index in [0.717, 1.165) is 0 Å². The Balaban J connectivity index is 2.88. The van der Waals surface area contributed by atoms with Crippen molar-refractivity contribution >= 4 is 28.6 Å². The fourth-order valence-corrected chi connectivity index (χ4v) is 1.04. The maximum absolute atomic E-state index is 12.5. The summed E-state index contributed by atoms with van der Waals surface area (Å²) in [5.41, 5.74) is 5.83. The van der Waals surface area contributed by atoms with Crippen molar-refractivity contribution in [1.29, 1.82) is 0 Å². The van der Waals surface area contributed by atoms with Crippen LogP contribution < -0.4 is 5.73 Å². The predicted octanol–water partition coefficient (Wildman–Crippen LogP) is 0.728. The van der Waals surface area contributed by atoms with Gasteiger partial charge in [0.1, 0.15) is 5.52 Å². The maximum Gasteiger partial charge on any atom is 0.312 e. The lowest BCUT2D eigenvalue weighted by atomic mass is 10.5. The van der Waals surface area contributed by atoms with E-state index in [0.29, 0.717) is 5.52 Å². The largest absolute Gasteiger partial charge is 0.382 e. The molecule has 7 heteroatoms. The molecule has 62 valence electrons. The third-order valence-electron chi connectivity index (χ3n) is 1.32. The van der Waals surface area contributed by atoms with Crippen LogP contribution in [0, 0.1) is 6.08 Å². The minimum absolute atomic E-state index is 0.00287. The smallest absolute Gasteiger partial charge is 0.312 e. The second kappa shape index (κ2) is 2.28. The summed E-state index contributed by atoms with van der Waals surface area (Å²) < 4.78 is 12.5. The van der Waals surface area contributed by atoms with E-state index in [1.54, 1.807) is 0 Å². The average molecular weight is 188 g/mol. The van der Waals surface area contributed by atoms with Crippen molar-refractivity contribution in [2.45, 2.75) is 0 Å². The van der Waals surface area contributed by atoms with Crippen molar-refractivity contribution in [1.82, 2.24) is 19.9 Å². The van der Waals surface area contributed by atoms with Crippen LogP contribution >= 0.6 is 11.6 Å². The van der Waals surface area contributed by atoms with E-state index in [9.17, 15) is 4.39 Å². The summed E-state index contributed by atoms with van der Waals surface area (Å²) in [7, 11) is 0. The SMILES string of the molecule is Nc1nc(F)nc2nc(Cl)[nH]c12. The van der Waals surface area contributed by atoms with E-state index in [1.807, 2.05) is 0 Å². The lowest BCUT2D eigenvalue weighted by molar-refractivity contribution is 0.546. The van der Waals surface area contributed by atoms with Crippen molar-refractivity contribution in [3.63, 3.8) is 0 Å². The van der Waals surface area contributed by atoms with Gasteiger partial charge in [-0.2, -0.15) is 19.3 Å². The van der Waals surface area contributed by atoms with Crippen LogP contribution in [-0.4, -0.2) is 19.9 Å². The zero-order valence-electron chi connectivity index (χ0n) is 5.67. The van der Waals surface area contributed by atoms with Gasteiger partial charge in [-0.3, -0.25) is 0 Å². The Hall–Kier alpha value is -1.43. The molecule has 0 amide bonds. The quantitative estimate of drug-likeness (QED) is 0.471. The molecule has 0 radical (unpaired) electrons. The minimum Gasteiger partial charge on any atom is -0.382 e. The van der Waals surface area contributed by atoms with Crippen LogP contribution in [0.3, 0.4) is 0 Å². The number of aromatic amines is 1. The molecule has 0 saturated carbocycles. The average Bonchev–Trinajstić information content (AvgIpc) is 2.29. The number of nitrogen functional groups attached to an aromatic ring is 1. The number of rotatable bonds is 0. The number of aromatic nitrogens is 4. The summed E-state index contributed by atoms with van der Waals surface area (Å²) in [6.45, 7) is 0. The highest BCUT2D eigenvalue weighted by Gasteiger charge is 2.08. The van der Waals surface area contributed by atoms with Gasteiger partial charge >= 0.3 is 6.08 Å². The molecule has 12 heavy (non-hydrogen) atoms. The van der Waals surface area contributed by atoms with E-state index in [4.69, 9.17) is 17.3 Å². The summed E-state index contributed by atoms with van der Waals surface area (Å²) in [4.78, 5) is 12.9. The summed E-state index contributed by atoms with van der Waals surface area (Å²) >= 11 is 5.49. The highest BCUT2D eigenvalue weighted by atomic mass is 35.5. The molecule has 5 nitrogen and oxygen atoms in total. The first-order chi connectivity index (χ1) is 5.66. The fourth-order valence-electron chi connectivity index (χ4n) is 0.863. The van der Waals surface area contributed by atoms with Crippen molar-refractivity contribution < 1.29 is 4.39 Å². The molecular formula is C5H3ClFN5. The van der Waals surface area contributed by atoms with E-state index in [-0.39, 0.29) is 16.7 Å². The molecule has 0 unspecified atom stereocenters. The number of anilines is 1. The number of H-pyrrole nitrogens is 1. The van der Waals surface area contributed by atoms with Gasteiger partial charge in [-0.05, 0) is 11.6 Å². The van der Waals surface area contributed by atoms with E-state index in [1.165, 1.54) is 0 Å². The number of nitrogens with one attached hydrogen (secondary N) is 1. The Bertz CT molecular complexity index is 439. The van der Waals surface area contributed by atoms with Crippen molar-refractivity contribution in [3.05, 3.63) is 11.4 Å². The molecule has 0 aliphatic heterocycles. The van der Waals surface area contributed by atoms with Gasteiger partial charge in [0.25, 0.3) is 0 Å². The number of fused-ring (bicyclic) bond motifs is 1. The lowest BCUT2D eigenvalue weighted by Crippen LogP contribution is -1.97. The van der Waals surface area contributed by atoms with Crippen LogP contribution in [0.2, 0.25) is 5.28 Å². The van der Waals surface area contributed by atoms with Crippen LogP contribution in [0.15, 0.2) is 0 Å². The van der Waals surface area contributed by atoms with Crippen molar-refractivity contribution in [3.8, 4) is 0 Å². The molecular weight excluding hydrogens is 185 g/mol. The van der Waals surface area contributed by atoms with E-state index < -0.39 is 6.08 Å². The fraction of sp³-hybridized carbons (Fsp3) is 0. The number of halogens is 2. The standard InChI is InChI=1S/C5H3ClFN5/c6-4-9-1-2(8)10-5(7)12-3(1)11-4/h(H3,8,9,10,11,12). The van der Waals surface area contributed by atoms with Gasteiger partial charge in [-0.25, -0.2) is 0 Å². The molecule has 0 bridgehead atoms. The number of imidazole rings is 1. The second-order valence-electron chi connectivity index (χ2n) is 2.10. The van der Waals surface area contributed by atoms with E-state index >= 15 is 0 Å². The van der Waals surface area contributed by atoms with Gasteiger partial charge in [0.2, 0.25) is 5.28 Å². The Morgan fingerprint density at radius 3 is 2.83 bits per heavy atom. The lowest BCUT2D eigenvalue weighted by Gasteiger charge is -1.91. The summed E-state index contributed by atoms with van der Waals surface area (Å²) in [6.07, 6.45) is -0.914. The molecule has 2 rings (SSSR count). The topological polar surface area (TPSA) is 80.5 Å². The Morgan fingerprint density at radius 2 is 2.08 bits per heavy atom. The van der Waals surface area contributed by atoms with Gasteiger partial charge in [-0.15, -0.1) is 0 Å². The number of nitrogens with two attached hydrogens (primary N) is 1.